The molecule has 0 fully saturated rings. The smallest absolute Gasteiger partial charge is 0.257 e. The Kier molecular flexibility index (Phi) is 4.79. The van der Waals surface area contributed by atoms with Crippen LogP contribution in [0.2, 0.25) is 0 Å². The second kappa shape index (κ2) is 7.17. The van der Waals surface area contributed by atoms with Gasteiger partial charge < -0.3 is 15.2 Å². The highest BCUT2D eigenvalue weighted by molar-refractivity contribution is 6.04. The zero-order valence-corrected chi connectivity index (χ0v) is 14.4. The van der Waals surface area contributed by atoms with Crippen molar-refractivity contribution in [2.45, 2.75) is 26.7 Å². The number of benzene rings is 1. The lowest BCUT2D eigenvalue weighted by Gasteiger charge is -2.09. The van der Waals surface area contributed by atoms with E-state index in [4.69, 9.17) is 4.52 Å². The second-order valence-corrected chi connectivity index (χ2v) is 6.14. The lowest BCUT2D eigenvalue weighted by Crippen LogP contribution is -2.12. The first kappa shape index (κ1) is 16.7. The Labute approximate surface area is 146 Å². The number of anilines is 3. The maximum absolute atomic E-state index is 12.4. The third kappa shape index (κ3) is 4.23. The van der Waals surface area contributed by atoms with E-state index in [1.54, 1.807) is 18.3 Å². The summed E-state index contributed by atoms with van der Waals surface area (Å²) in [6.45, 7) is 6.08. The van der Waals surface area contributed by atoms with Crippen LogP contribution in [0.15, 0.2) is 53.3 Å². The fraction of sp³-hybridized carbons (Fsp3) is 0.211. The number of nitrogens with one attached hydrogen (secondary N) is 2. The maximum atomic E-state index is 12.4. The lowest BCUT2D eigenvalue weighted by molar-refractivity contribution is 0.102. The summed E-state index contributed by atoms with van der Waals surface area (Å²) in [5.41, 5.74) is 3.10. The van der Waals surface area contributed by atoms with E-state index >= 15 is 0 Å². The van der Waals surface area contributed by atoms with Crippen LogP contribution in [0.5, 0.6) is 0 Å². The fourth-order valence-corrected chi connectivity index (χ4v) is 2.36. The van der Waals surface area contributed by atoms with Gasteiger partial charge in [-0.1, -0.05) is 31.1 Å². The standard InChI is InChI=1S/C19H20N4O2/c1-12(2)14-4-6-16(7-5-14)22-19(24)15-9-17(11-20-10-15)21-18-8-13(3)25-23-18/h4-12H,1-3H3,(H,21,23)(H,22,24). The summed E-state index contributed by atoms with van der Waals surface area (Å²) in [5, 5.41) is 9.80. The van der Waals surface area contributed by atoms with Crippen molar-refractivity contribution in [2.24, 2.45) is 0 Å². The molecule has 0 radical (unpaired) electrons. The van der Waals surface area contributed by atoms with Gasteiger partial charge in [0.1, 0.15) is 5.76 Å². The van der Waals surface area contributed by atoms with E-state index in [0.29, 0.717) is 28.7 Å². The van der Waals surface area contributed by atoms with Gasteiger partial charge in [-0.3, -0.25) is 9.78 Å². The predicted molar refractivity (Wildman–Crippen MR) is 97.2 cm³/mol. The number of rotatable bonds is 5. The number of aromatic nitrogens is 2. The monoisotopic (exact) mass is 336 g/mol. The lowest BCUT2D eigenvalue weighted by atomic mass is 10.0. The SMILES string of the molecule is Cc1cc(Nc2cncc(C(=O)Nc3ccc(C(C)C)cc3)c2)no1. The van der Waals surface area contributed by atoms with Gasteiger partial charge in [-0.2, -0.15) is 0 Å². The van der Waals surface area contributed by atoms with Crippen molar-refractivity contribution in [3.8, 4) is 0 Å². The van der Waals surface area contributed by atoms with E-state index in [2.05, 4.69) is 34.6 Å². The van der Waals surface area contributed by atoms with Crippen molar-refractivity contribution in [3.05, 3.63) is 65.7 Å². The average molecular weight is 336 g/mol. The van der Waals surface area contributed by atoms with Gasteiger partial charge in [0.05, 0.1) is 17.4 Å². The van der Waals surface area contributed by atoms with Crippen LogP contribution in [0, 0.1) is 6.92 Å². The Morgan fingerprint density at radius 1 is 1.08 bits per heavy atom. The van der Waals surface area contributed by atoms with Crippen LogP contribution in [0.4, 0.5) is 17.2 Å². The van der Waals surface area contributed by atoms with Crippen molar-refractivity contribution < 1.29 is 9.32 Å². The summed E-state index contributed by atoms with van der Waals surface area (Å²) < 4.78 is 5.01. The number of hydrogen-bond acceptors (Lipinski definition) is 5. The first-order chi connectivity index (χ1) is 12.0. The number of aryl methyl sites for hydroxylation is 1. The zero-order chi connectivity index (χ0) is 17.8. The van der Waals surface area contributed by atoms with Gasteiger partial charge in [0.2, 0.25) is 0 Å². The van der Waals surface area contributed by atoms with E-state index in [1.165, 1.54) is 11.8 Å². The first-order valence-corrected chi connectivity index (χ1v) is 8.08. The van der Waals surface area contributed by atoms with Crippen molar-refractivity contribution in [2.75, 3.05) is 10.6 Å². The summed E-state index contributed by atoms with van der Waals surface area (Å²) in [6.07, 6.45) is 3.15. The van der Waals surface area contributed by atoms with E-state index < -0.39 is 0 Å². The van der Waals surface area contributed by atoms with E-state index in [-0.39, 0.29) is 5.91 Å². The molecule has 3 rings (SSSR count). The van der Waals surface area contributed by atoms with Crippen LogP contribution in [-0.2, 0) is 0 Å². The molecule has 0 bridgehead atoms. The highest BCUT2D eigenvalue weighted by Crippen LogP contribution is 2.19. The number of nitrogens with zero attached hydrogens (tertiary/aromatic N) is 2. The molecule has 1 aromatic carbocycles. The number of hydrogen-bond donors (Lipinski definition) is 2. The normalized spacial score (nSPS) is 10.7. The molecule has 2 heterocycles. The van der Waals surface area contributed by atoms with Gasteiger partial charge in [-0.15, -0.1) is 0 Å². The molecule has 25 heavy (non-hydrogen) atoms. The molecular weight excluding hydrogens is 316 g/mol. The summed E-state index contributed by atoms with van der Waals surface area (Å²) >= 11 is 0. The maximum Gasteiger partial charge on any atom is 0.257 e. The Morgan fingerprint density at radius 3 is 2.48 bits per heavy atom. The fourth-order valence-electron chi connectivity index (χ4n) is 2.36. The van der Waals surface area contributed by atoms with Gasteiger partial charge in [-0.05, 0) is 36.6 Å². The number of pyridine rings is 1. The van der Waals surface area contributed by atoms with Crippen LogP contribution in [-0.4, -0.2) is 16.0 Å². The second-order valence-electron chi connectivity index (χ2n) is 6.14. The Morgan fingerprint density at radius 2 is 1.84 bits per heavy atom. The molecule has 2 N–H and O–H groups in total. The molecule has 0 spiro atoms. The minimum absolute atomic E-state index is 0.218. The number of carbonyl (C=O) groups is 1. The van der Waals surface area contributed by atoms with E-state index in [9.17, 15) is 4.79 Å². The van der Waals surface area contributed by atoms with Crippen molar-refractivity contribution >= 4 is 23.1 Å². The Bertz CT molecular complexity index is 869. The molecule has 3 aromatic rings. The molecule has 2 aromatic heterocycles. The van der Waals surface area contributed by atoms with Crippen molar-refractivity contribution in [3.63, 3.8) is 0 Å². The van der Waals surface area contributed by atoms with Crippen LogP contribution in [0.25, 0.3) is 0 Å². The molecule has 0 aliphatic carbocycles. The molecule has 6 nitrogen and oxygen atoms in total. The van der Waals surface area contributed by atoms with Crippen molar-refractivity contribution in [1.82, 2.24) is 10.1 Å². The van der Waals surface area contributed by atoms with Gasteiger partial charge in [-0.25, -0.2) is 0 Å². The van der Waals surface area contributed by atoms with E-state index in [1.807, 2.05) is 31.2 Å². The topological polar surface area (TPSA) is 80.0 Å². The number of amides is 1. The van der Waals surface area contributed by atoms with Crippen LogP contribution < -0.4 is 10.6 Å². The third-order valence-corrected chi connectivity index (χ3v) is 3.74. The molecule has 0 aliphatic heterocycles. The van der Waals surface area contributed by atoms with Crippen LogP contribution in [0.3, 0.4) is 0 Å². The molecule has 0 saturated carbocycles. The molecule has 1 amide bonds. The van der Waals surface area contributed by atoms with Crippen molar-refractivity contribution in [1.29, 1.82) is 0 Å². The molecule has 0 aliphatic rings. The quantitative estimate of drug-likeness (QED) is 0.717. The minimum Gasteiger partial charge on any atom is -0.360 e. The molecule has 0 atom stereocenters. The predicted octanol–water partition coefficient (Wildman–Crippen LogP) is 4.50. The van der Waals surface area contributed by atoms with Gasteiger partial charge in [0, 0.05) is 18.0 Å². The summed E-state index contributed by atoms with van der Waals surface area (Å²) in [5.74, 6) is 1.51. The minimum atomic E-state index is -0.218. The van der Waals surface area contributed by atoms with Crippen LogP contribution in [0.1, 0.15) is 41.4 Å². The highest BCUT2D eigenvalue weighted by atomic mass is 16.5. The Hall–Kier alpha value is -3.15. The average Bonchev–Trinajstić information content (AvgIpc) is 3.00. The van der Waals surface area contributed by atoms with E-state index in [0.717, 1.165) is 5.69 Å². The highest BCUT2D eigenvalue weighted by Gasteiger charge is 2.09. The van der Waals surface area contributed by atoms with Crippen LogP contribution >= 0.6 is 0 Å². The first-order valence-electron chi connectivity index (χ1n) is 8.08. The summed E-state index contributed by atoms with van der Waals surface area (Å²) in [6, 6.07) is 11.3. The largest absolute Gasteiger partial charge is 0.360 e. The summed E-state index contributed by atoms with van der Waals surface area (Å²) in [4.78, 5) is 16.5. The molecule has 128 valence electrons. The van der Waals surface area contributed by atoms with Gasteiger partial charge in [0.25, 0.3) is 5.91 Å². The number of carbonyl (C=O) groups excluding carboxylic acids is 1. The summed E-state index contributed by atoms with van der Waals surface area (Å²) in [7, 11) is 0. The Balaban J connectivity index is 1.70. The molecular formula is C19H20N4O2. The molecule has 0 unspecified atom stereocenters. The molecule has 0 saturated heterocycles. The molecule has 6 heteroatoms. The third-order valence-electron chi connectivity index (χ3n) is 3.74. The van der Waals surface area contributed by atoms with Gasteiger partial charge in [0.15, 0.2) is 5.82 Å². The van der Waals surface area contributed by atoms with Gasteiger partial charge >= 0.3 is 0 Å². The zero-order valence-electron chi connectivity index (χ0n) is 14.4.